The second-order valence-corrected chi connectivity index (χ2v) is 1.26. The third kappa shape index (κ3) is 0.992. The number of aromatic nitrogens is 2. The molecular weight excluding hydrogens is 104 g/mol. The van der Waals surface area contributed by atoms with Crippen LogP contribution in [0, 0.1) is 6.92 Å². The maximum atomic E-state index is 4.89. The number of hydrogen-bond acceptors (Lipinski definition) is 2. The van der Waals surface area contributed by atoms with Crippen molar-refractivity contribution < 1.29 is 4.84 Å². The Morgan fingerprint density at radius 3 is 3.12 bits per heavy atom. The molecule has 0 spiro atoms. The first-order valence-electron chi connectivity index (χ1n) is 2.34. The van der Waals surface area contributed by atoms with Crippen LogP contribution in [0.5, 0.6) is 0 Å². The van der Waals surface area contributed by atoms with Crippen LogP contribution in [-0.2, 0) is 0 Å². The lowest BCUT2D eigenvalue weighted by molar-refractivity contribution is 0.133. The molecule has 0 N–H and O–H groups in total. The molecule has 0 saturated carbocycles. The monoisotopic (exact) mass is 111 g/mol. The van der Waals surface area contributed by atoms with Crippen molar-refractivity contribution in [3.05, 3.63) is 25.6 Å². The molecule has 0 aliphatic rings. The maximum Gasteiger partial charge on any atom is 0.131 e. The lowest BCUT2D eigenvalue weighted by atomic mass is 10.9. The highest BCUT2D eigenvalue weighted by Gasteiger charge is 1.81. The third-order valence-electron chi connectivity index (χ3n) is 0.720. The second kappa shape index (κ2) is 2.35. The molecule has 1 rings (SSSR count). The molecule has 0 fully saturated rings. The van der Waals surface area contributed by atoms with Crippen LogP contribution >= 0.6 is 0 Å². The van der Waals surface area contributed by atoms with Gasteiger partial charge in [-0.05, 0) is 6.92 Å². The Balaban J connectivity index is 2.50. The lowest BCUT2D eigenvalue weighted by Gasteiger charge is -1.98. The summed E-state index contributed by atoms with van der Waals surface area (Å²) in [5.41, 5.74) is 0. The Kier molecular flexibility index (Phi) is 1.51. The summed E-state index contributed by atoms with van der Waals surface area (Å²) >= 11 is 0. The summed E-state index contributed by atoms with van der Waals surface area (Å²) in [4.78, 5) is 8.64. The fraction of sp³-hybridized carbons (Fsp3) is 0.200. The molecule has 0 atom stereocenters. The average Bonchev–Trinajstić information content (AvgIpc) is 2.19. The smallest absolute Gasteiger partial charge is 0.131 e. The van der Waals surface area contributed by atoms with Crippen molar-refractivity contribution >= 4 is 0 Å². The van der Waals surface area contributed by atoms with Crippen molar-refractivity contribution in [3.63, 3.8) is 0 Å². The van der Waals surface area contributed by atoms with E-state index < -0.39 is 0 Å². The van der Waals surface area contributed by atoms with Gasteiger partial charge >= 0.3 is 0 Å². The van der Waals surface area contributed by atoms with Crippen LogP contribution in [0.2, 0.25) is 0 Å². The zero-order chi connectivity index (χ0) is 5.82. The van der Waals surface area contributed by atoms with Crippen molar-refractivity contribution in [2.24, 2.45) is 0 Å². The van der Waals surface area contributed by atoms with Crippen LogP contribution in [0.15, 0.2) is 18.7 Å². The minimum absolute atomic E-state index is 0.427. The predicted molar refractivity (Wildman–Crippen MR) is 29.0 cm³/mol. The van der Waals surface area contributed by atoms with Crippen LogP contribution in [-0.4, -0.2) is 16.3 Å². The van der Waals surface area contributed by atoms with Gasteiger partial charge in [-0.15, -0.1) is 0 Å². The molecule has 0 saturated heterocycles. The fourth-order valence-corrected chi connectivity index (χ4v) is 0.429. The van der Waals surface area contributed by atoms with E-state index in [0.29, 0.717) is 6.61 Å². The molecule has 8 heavy (non-hydrogen) atoms. The summed E-state index contributed by atoms with van der Waals surface area (Å²) in [6.45, 7) is 3.92. The van der Waals surface area contributed by atoms with E-state index in [4.69, 9.17) is 4.84 Å². The molecule has 0 aliphatic heterocycles. The molecule has 43 valence electrons. The highest BCUT2D eigenvalue weighted by atomic mass is 16.7. The van der Waals surface area contributed by atoms with Gasteiger partial charge in [0.05, 0.1) is 6.20 Å². The van der Waals surface area contributed by atoms with E-state index in [9.17, 15) is 0 Å². The molecule has 0 amide bonds. The fourth-order valence-electron chi connectivity index (χ4n) is 0.429. The SMILES string of the molecule is [CH2]COn1ccnc1. The van der Waals surface area contributed by atoms with Gasteiger partial charge in [-0.25, -0.2) is 4.98 Å². The van der Waals surface area contributed by atoms with Crippen molar-refractivity contribution in [2.75, 3.05) is 6.61 Å². The topological polar surface area (TPSA) is 27.1 Å². The van der Waals surface area contributed by atoms with Gasteiger partial charge in [0.1, 0.15) is 12.9 Å². The van der Waals surface area contributed by atoms with Crippen LogP contribution < -0.4 is 4.84 Å². The molecule has 1 radical (unpaired) electrons. The quantitative estimate of drug-likeness (QED) is 0.543. The largest absolute Gasteiger partial charge is 0.413 e. The minimum Gasteiger partial charge on any atom is -0.413 e. The van der Waals surface area contributed by atoms with Crippen LogP contribution in [0.25, 0.3) is 0 Å². The molecule has 0 aliphatic carbocycles. The van der Waals surface area contributed by atoms with Crippen molar-refractivity contribution in [2.45, 2.75) is 0 Å². The summed E-state index contributed by atoms with van der Waals surface area (Å²) in [5, 5.41) is 0. The summed E-state index contributed by atoms with van der Waals surface area (Å²) < 4.78 is 1.51. The van der Waals surface area contributed by atoms with Gasteiger partial charge in [0.2, 0.25) is 0 Å². The molecule has 1 heterocycles. The number of hydrogen-bond donors (Lipinski definition) is 0. The van der Waals surface area contributed by atoms with E-state index in [2.05, 4.69) is 11.9 Å². The minimum atomic E-state index is 0.427. The predicted octanol–water partition coefficient (Wildman–Crippen LogP) is 0.146. The van der Waals surface area contributed by atoms with Gasteiger partial charge < -0.3 is 4.84 Å². The molecule has 3 nitrogen and oxygen atoms in total. The van der Waals surface area contributed by atoms with Crippen molar-refractivity contribution in [3.8, 4) is 0 Å². The normalized spacial score (nSPS) is 9.12. The van der Waals surface area contributed by atoms with Crippen LogP contribution in [0.1, 0.15) is 0 Å². The first-order chi connectivity index (χ1) is 3.93. The van der Waals surface area contributed by atoms with Crippen LogP contribution in [0.3, 0.4) is 0 Å². The Labute approximate surface area is 47.9 Å². The first kappa shape index (κ1) is 5.15. The molecule has 3 heteroatoms. The molecule has 0 aromatic carbocycles. The maximum absolute atomic E-state index is 4.89. The standard InChI is InChI=1S/C5H7N2O/c1-2-8-7-4-3-6-5-7/h3-5H,1-2H2. The van der Waals surface area contributed by atoms with E-state index in [-0.39, 0.29) is 0 Å². The van der Waals surface area contributed by atoms with E-state index >= 15 is 0 Å². The van der Waals surface area contributed by atoms with Crippen LogP contribution in [0.4, 0.5) is 0 Å². The van der Waals surface area contributed by atoms with Gasteiger partial charge in [-0.1, -0.05) is 0 Å². The first-order valence-corrected chi connectivity index (χ1v) is 2.34. The van der Waals surface area contributed by atoms with E-state index in [1.54, 1.807) is 18.7 Å². The zero-order valence-electron chi connectivity index (χ0n) is 4.45. The third-order valence-corrected chi connectivity index (χ3v) is 0.720. The highest BCUT2D eigenvalue weighted by Crippen LogP contribution is 1.77. The molecule has 0 unspecified atom stereocenters. The molecular formula is C5H7N2O. The highest BCUT2D eigenvalue weighted by molar-refractivity contribution is 4.69. The number of imidazole rings is 1. The van der Waals surface area contributed by atoms with Gasteiger partial charge in [0.25, 0.3) is 0 Å². The lowest BCUT2D eigenvalue weighted by Crippen LogP contribution is -2.07. The van der Waals surface area contributed by atoms with Gasteiger partial charge in [-0.2, -0.15) is 4.73 Å². The Bertz CT molecular complexity index is 136. The van der Waals surface area contributed by atoms with E-state index in [0.717, 1.165) is 0 Å². The van der Waals surface area contributed by atoms with E-state index in [1.165, 1.54) is 4.73 Å². The van der Waals surface area contributed by atoms with Gasteiger partial charge in [-0.3, -0.25) is 0 Å². The zero-order valence-corrected chi connectivity index (χ0v) is 4.45. The molecule has 1 aromatic heterocycles. The summed E-state index contributed by atoms with van der Waals surface area (Å²) in [7, 11) is 0. The molecule has 0 bridgehead atoms. The number of nitrogens with zero attached hydrogens (tertiary/aromatic N) is 2. The average molecular weight is 111 g/mol. The summed E-state index contributed by atoms with van der Waals surface area (Å²) in [6, 6.07) is 0. The van der Waals surface area contributed by atoms with Gasteiger partial charge in [0.15, 0.2) is 0 Å². The Hall–Kier alpha value is -0.990. The van der Waals surface area contributed by atoms with Crippen molar-refractivity contribution in [1.29, 1.82) is 0 Å². The number of rotatable bonds is 2. The Morgan fingerprint density at radius 1 is 1.75 bits per heavy atom. The van der Waals surface area contributed by atoms with Crippen molar-refractivity contribution in [1.82, 2.24) is 9.71 Å². The second-order valence-electron chi connectivity index (χ2n) is 1.26. The van der Waals surface area contributed by atoms with Gasteiger partial charge in [0, 0.05) is 6.20 Å². The molecule has 1 aromatic rings. The Morgan fingerprint density at radius 2 is 2.62 bits per heavy atom. The van der Waals surface area contributed by atoms with E-state index in [1.807, 2.05) is 0 Å². The summed E-state index contributed by atoms with van der Waals surface area (Å²) in [6.07, 6.45) is 4.94. The summed E-state index contributed by atoms with van der Waals surface area (Å²) in [5.74, 6) is 0.